The minimum absolute atomic E-state index is 0.274. The Morgan fingerprint density at radius 1 is 1.05 bits per heavy atom. The van der Waals surface area contributed by atoms with Crippen molar-refractivity contribution in [2.45, 2.75) is 83.6 Å². The molecule has 0 aromatic heterocycles. The van der Waals surface area contributed by atoms with Crippen LogP contribution in [-0.2, 0) is 4.79 Å². The highest BCUT2D eigenvalue weighted by molar-refractivity contribution is 7.99. The van der Waals surface area contributed by atoms with Gasteiger partial charge >= 0.3 is 0 Å². The van der Waals surface area contributed by atoms with Crippen LogP contribution in [0.15, 0.2) is 0 Å². The van der Waals surface area contributed by atoms with E-state index >= 15 is 0 Å². The maximum Gasteiger partial charge on any atom is 0.220 e. The lowest BCUT2D eigenvalue weighted by Gasteiger charge is -2.10. The zero-order chi connectivity index (χ0) is 13.8. The molecule has 1 saturated heterocycles. The van der Waals surface area contributed by atoms with Crippen LogP contribution >= 0.6 is 11.8 Å². The zero-order valence-electron chi connectivity index (χ0n) is 12.6. The maximum atomic E-state index is 11.7. The summed E-state index contributed by atoms with van der Waals surface area (Å²) in [5, 5.41) is 3.14. The van der Waals surface area contributed by atoms with Crippen LogP contribution in [0.2, 0.25) is 0 Å². The average Bonchev–Trinajstić information content (AvgIpc) is 2.89. The van der Waals surface area contributed by atoms with Crippen LogP contribution in [0.5, 0.6) is 0 Å². The number of hydrogen-bond acceptors (Lipinski definition) is 2. The smallest absolute Gasteiger partial charge is 0.220 e. The van der Waals surface area contributed by atoms with Gasteiger partial charge in [0.05, 0.1) is 0 Å². The average molecular weight is 285 g/mol. The van der Waals surface area contributed by atoms with Crippen LogP contribution < -0.4 is 5.32 Å². The SMILES string of the molecule is CCCCCCCCCCCC(=O)NC1CCSC1. The van der Waals surface area contributed by atoms with Crippen LogP contribution in [0.1, 0.15) is 77.6 Å². The molecule has 1 fully saturated rings. The van der Waals surface area contributed by atoms with Crippen molar-refractivity contribution in [1.82, 2.24) is 5.32 Å². The molecule has 0 bridgehead atoms. The molecule has 2 nitrogen and oxygen atoms in total. The molecule has 19 heavy (non-hydrogen) atoms. The largest absolute Gasteiger partial charge is 0.353 e. The van der Waals surface area contributed by atoms with Gasteiger partial charge in [-0.3, -0.25) is 4.79 Å². The van der Waals surface area contributed by atoms with Gasteiger partial charge in [-0.1, -0.05) is 58.3 Å². The molecule has 1 heterocycles. The van der Waals surface area contributed by atoms with Crippen molar-refractivity contribution in [2.75, 3.05) is 11.5 Å². The van der Waals surface area contributed by atoms with Crippen molar-refractivity contribution in [2.24, 2.45) is 0 Å². The first-order valence-electron chi connectivity index (χ1n) is 8.20. The molecule has 1 aliphatic heterocycles. The fourth-order valence-electron chi connectivity index (χ4n) is 2.54. The van der Waals surface area contributed by atoms with E-state index in [2.05, 4.69) is 12.2 Å². The summed E-state index contributed by atoms with van der Waals surface area (Å²) in [6.45, 7) is 2.26. The molecule has 112 valence electrons. The highest BCUT2D eigenvalue weighted by Gasteiger charge is 2.16. The number of hydrogen-bond donors (Lipinski definition) is 1. The van der Waals surface area contributed by atoms with Gasteiger partial charge in [-0.25, -0.2) is 0 Å². The lowest BCUT2D eigenvalue weighted by Crippen LogP contribution is -2.34. The second-order valence-corrected chi connectivity index (χ2v) is 6.86. The zero-order valence-corrected chi connectivity index (χ0v) is 13.4. The monoisotopic (exact) mass is 285 g/mol. The molecule has 1 unspecified atom stereocenters. The number of carbonyl (C=O) groups excluding carboxylic acids is 1. The summed E-state index contributed by atoms with van der Waals surface area (Å²) in [4.78, 5) is 11.7. The van der Waals surface area contributed by atoms with Crippen LogP contribution in [-0.4, -0.2) is 23.5 Å². The highest BCUT2D eigenvalue weighted by Crippen LogP contribution is 2.17. The first-order valence-corrected chi connectivity index (χ1v) is 9.35. The minimum atomic E-state index is 0.274. The predicted octanol–water partition coefficient (Wildman–Crippen LogP) is 4.53. The Hall–Kier alpha value is -0.180. The van der Waals surface area contributed by atoms with E-state index in [1.807, 2.05) is 11.8 Å². The molecule has 1 N–H and O–H groups in total. The van der Waals surface area contributed by atoms with Gasteiger partial charge in [0.2, 0.25) is 5.91 Å². The van der Waals surface area contributed by atoms with Gasteiger partial charge in [-0.15, -0.1) is 0 Å². The number of amides is 1. The third-order valence-electron chi connectivity index (χ3n) is 3.80. The Morgan fingerprint density at radius 2 is 1.68 bits per heavy atom. The quantitative estimate of drug-likeness (QED) is 0.565. The van der Waals surface area contributed by atoms with Gasteiger partial charge in [0.1, 0.15) is 0 Å². The summed E-state index contributed by atoms with van der Waals surface area (Å²) >= 11 is 1.95. The van der Waals surface area contributed by atoms with Crippen LogP contribution in [0, 0.1) is 0 Å². The first kappa shape index (κ1) is 16.9. The van der Waals surface area contributed by atoms with Crippen LogP contribution in [0.25, 0.3) is 0 Å². The van der Waals surface area contributed by atoms with E-state index in [0.717, 1.165) is 25.0 Å². The van der Waals surface area contributed by atoms with Gasteiger partial charge in [0.25, 0.3) is 0 Å². The normalized spacial score (nSPS) is 18.7. The predicted molar refractivity (Wildman–Crippen MR) is 85.7 cm³/mol. The van der Waals surface area contributed by atoms with E-state index in [1.54, 1.807) is 0 Å². The van der Waals surface area contributed by atoms with E-state index < -0.39 is 0 Å². The van der Waals surface area contributed by atoms with Crippen LogP contribution in [0.4, 0.5) is 0 Å². The number of rotatable bonds is 11. The lowest BCUT2D eigenvalue weighted by molar-refractivity contribution is -0.121. The third kappa shape index (κ3) is 9.37. The topological polar surface area (TPSA) is 29.1 Å². The Labute approximate surface area is 123 Å². The molecule has 0 aromatic carbocycles. The Balaban J connectivity index is 1.80. The molecule has 1 aliphatic rings. The maximum absolute atomic E-state index is 11.7. The molecule has 0 aliphatic carbocycles. The molecule has 0 saturated carbocycles. The van der Waals surface area contributed by atoms with E-state index in [9.17, 15) is 4.79 Å². The van der Waals surface area contributed by atoms with E-state index in [-0.39, 0.29) is 5.91 Å². The summed E-state index contributed by atoms with van der Waals surface area (Å²) < 4.78 is 0. The Bertz CT molecular complexity index is 227. The lowest BCUT2D eigenvalue weighted by atomic mass is 10.1. The van der Waals surface area contributed by atoms with Crippen molar-refractivity contribution in [3.8, 4) is 0 Å². The second kappa shape index (κ2) is 11.6. The van der Waals surface area contributed by atoms with Gasteiger partial charge in [-0.2, -0.15) is 11.8 Å². The molecule has 0 radical (unpaired) electrons. The number of nitrogens with one attached hydrogen (secondary N) is 1. The van der Waals surface area contributed by atoms with Gasteiger partial charge in [0.15, 0.2) is 0 Å². The standard InChI is InChI=1S/C16H31NOS/c1-2-3-4-5-6-7-8-9-10-11-16(18)17-15-12-13-19-14-15/h15H,2-14H2,1H3,(H,17,18). The molecule has 3 heteroatoms. The summed E-state index contributed by atoms with van der Waals surface area (Å²) in [5.74, 6) is 2.60. The summed E-state index contributed by atoms with van der Waals surface area (Å²) in [6, 6.07) is 0.455. The van der Waals surface area contributed by atoms with Gasteiger partial charge in [0, 0.05) is 18.2 Å². The van der Waals surface area contributed by atoms with Gasteiger partial charge in [-0.05, 0) is 18.6 Å². The van der Waals surface area contributed by atoms with E-state index in [4.69, 9.17) is 0 Å². The first-order chi connectivity index (χ1) is 9.33. The van der Waals surface area contributed by atoms with Crippen LogP contribution in [0.3, 0.4) is 0 Å². The number of thioether (sulfide) groups is 1. The fourth-order valence-corrected chi connectivity index (χ4v) is 3.70. The van der Waals surface area contributed by atoms with Crippen molar-refractivity contribution in [3.63, 3.8) is 0 Å². The second-order valence-electron chi connectivity index (χ2n) is 5.71. The molecule has 1 amide bonds. The van der Waals surface area contributed by atoms with Crippen molar-refractivity contribution in [3.05, 3.63) is 0 Å². The Kier molecular flexibility index (Phi) is 10.3. The molecule has 1 atom stereocenters. The van der Waals surface area contributed by atoms with Crippen molar-refractivity contribution >= 4 is 17.7 Å². The number of carbonyl (C=O) groups is 1. The highest BCUT2D eigenvalue weighted by atomic mass is 32.2. The summed E-state index contributed by atoms with van der Waals surface area (Å²) in [5.41, 5.74) is 0. The van der Waals surface area contributed by atoms with Gasteiger partial charge < -0.3 is 5.32 Å². The molecule has 1 rings (SSSR count). The Morgan fingerprint density at radius 3 is 2.26 bits per heavy atom. The molecular weight excluding hydrogens is 254 g/mol. The summed E-state index contributed by atoms with van der Waals surface area (Å²) in [6.07, 6.45) is 13.7. The van der Waals surface area contributed by atoms with Crippen molar-refractivity contribution < 1.29 is 4.79 Å². The van der Waals surface area contributed by atoms with E-state index in [0.29, 0.717) is 6.04 Å². The summed E-state index contributed by atoms with van der Waals surface area (Å²) in [7, 11) is 0. The van der Waals surface area contributed by atoms with Crippen molar-refractivity contribution in [1.29, 1.82) is 0 Å². The number of unbranched alkanes of at least 4 members (excludes halogenated alkanes) is 8. The minimum Gasteiger partial charge on any atom is -0.353 e. The third-order valence-corrected chi connectivity index (χ3v) is 4.96. The molecular formula is C16H31NOS. The molecule has 0 spiro atoms. The molecule has 0 aromatic rings. The van der Waals surface area contributed by atoms with E-state index in [1.165, 1.54) is 57.1 Å². The fraction of sp³-hybridized carbons (Fsp3) is 0.938.